The Bertz CT molecular complexity index is 260. The van der Waals surface area contributed by atoms with E-state index in [-0.39, 0.29) is 6.04 Å². The van der Waals surface area contributed by atoms with Gasteiger partial charge in [-0.25, -0.2) is 0 Å². The number of nitrogens with two attached hydrogens (primary N) is 1. The summed E-state index contributed by atoms with van der Waals surface area (Å²) in [6.45, 7) is 1.94. The van der Waals surface area contributed by atoms with Gasteiger partial charge in [-0.2, -0.15) is 0 Å². The Kier molecular flexibility index (Phi) is 2.93. The number of halogens is 2. The highest BCUT2D eigenvalue weighted by Gasteiger charge is 2.01. The van der Waals surface area contributed by atoms with Crippen molar-refractivity contribution in [2.45, 2.75) is 13.0 Å². The topological polar surface area (TPSA) is 26.0 Å². The third-order valence-corrected chi connectivity index (χ3v) is 2.68. The van der Waals surface area contributed by atoms with Crippen LogP contribution in [0.25, 0.3) is 0 Å². The van der Waals surface area contributed by atoms with E-state index >= 15 is 0 Å². The molecule has 1 atom stereocenters. The monoisotopic (exact) mass is 233 g/mol. The first-order chi connectivity index (χ1) is 5.11. The van der Waals surface area contributed by atoms with Gasteiger partial charge in [0.2, 0.25) is 0 Å². The van der Waals surface area contributed by atoms with Gasteiger partial charge in [-0.05, 0) is 40.5 Å². The minimum absolute atomic E-state index is 0.0589. The van der Waals surface area contributed by atoms with Crippen LogP contribution in [0.2, 0.25) is 5.02 Å². The fourth-order valence-electron chi connectivity index (χ4n) is 0.796. The first-order valence-electron chi connectivity index (χ1n) is 3.32. The van der Waals surface area contributed by atoms with Gasteiger partial charge in [-0.1, -0.05) is 17.7 Å². The summed E-state index contributed by atoms with van der Waals surface area (Å²) >= 11 is 9.12. The molecule has 0 aliphatic carbocycles. The molecule has 0 saturated heterocycles. The third-order valence-electron chi connectivity index (χ3n) is 1.47. The zero-order chi connectivity index (χ0) is 8.43. The smallest absolute Gasteiger partial charge is 0.0548 e. The van der Waals surface area contributed by atoms with Gasteiger partial charge in [0.15, 0.2) is 0 Å². The van der Waals surface area contributed by atoms with Crippen LogP contribution in [-0.2, 0) is 0 Å². The Labute approximate surface area is 79.7 Å². The fraction of sp³-hybridized carbons (Fsp3) is 0.250. The maximum atomic E-state index is 5.80. The largest absolute Gasteiger partial charge is 0.324 e. The molecule has 0 amide bonds. The average molecular weight is 235 g/mol. The van der Waals surface area contributed by atoms with Crippen molar-refractivity contribution < 1.29 is 0 Å². The van der Waals surface area contributed by atoms with E-state index in [0.29, 0.717) is 0 Å². The van der Waals surface area contributed by atoms with Gasteiger partial charge >= 0.3 is 0 Å². The molecule has 1 nitrogen and oxygen atoms in total. The van der Waals surface area contributed by atoms with E-state index in [9.17, 15) is 0 Å². The van der Waals surface area contributed by atoms with E-state index < -0.39 is 0 Å². The molecule has 0 radical (unpaired) electrons. The van der Waals surface area contributed by atoms with Crippen molar-refractivity contribution in [3.05, 3.63) is 33.3 Å². The van der Waals surface area contributed by atoms with Crippen LogP contribution in [0.3, 0.4) is 0 Å². The predicted octanol–water partition coefficient (Wildman–Crippen LogP) is 3.12. The van der Waals surface area contributed by atoms with Crippen molar-refractivity contribution in [2.75, 3.05) is 0 Å². The van der Waals surface area contributed by atoms with Gasteiger partial charge in [0, 0.05) is 10.5 Å². The average Bonchev–Trinajstić information content (AvgIpc) is 1.94. The molecule has 0 unspecified atom stereocenters. The summed E-state index contributed by atoms with van der Waals surface area (Å²) in [5.41, 5.74) is 6.75. The van der Waals surface area contributed by atoms with Crippen molar-refractivity contribution in [3.63, 3.8) is 0 Å². The number of hydrogen-bond acceptors (Lipinski definition) is 1. The van der Waals surface area contributed by atoms with Gasteiger partial charge in [0.1, 0.15) is 0 Å². The minimum atomic E-state index is 0.0589. The molecular formula is C8H9BrClN. The van der Waals surface area contributed by atoms with E-state index in [4.69, 9.17) is 17.3 Å². The normalized spacial score (nSPS) is 13.1. The van der Waals surface area contributed by atoms with Crippen molar-refractivity contribution >= 4 is 27.5 Å². The summed E-state index contributed by atoms with van der Waals surface area (Å²) in [5, 5.41) is 0.717. The van der Waals surface area contributed by atoms with E-state index in [1.807, 2.05) is 25.1 Å². The Hall–Kier alpha value is -0.0500. The van der Waals surface area contributed by atoms with Crippen LogP contribution in [0.5, 0.6) is 0 Å². The zero-order valence-corrected chi connectivity index (χ0v) is 8.48. The molecule has 3 heteroatoms. The Balaban J connectivity index is 3.05. The maximum Gasteiger partial charge on any atom is 0.0548 e. The molecule has 1 rings (SSSR count). The van der Waals surface area contributed by atoms with Crippen LogP contribution < -0.4 is 5.73 Å². The molecule has 0 aromatic heterocycles. The summed E-state index contributed by atoms with van der Waals surface area (Å²) in [6.07, 6.45) is 0. The molecule has 0 heterocycles. The van der Waals surface area contributed by atoms with Crippen LogP contribution in [0, 0.1) is 0 Å². The molecule has 60 valence electrons. The van der Waals surface area contributed by atoms with Gasteiger partial charge in [-0.15, -0.1) is 0 Å². The lowest BCUT2D eigenvalue weighted by Gasteiger charge is -2.05. The molecule has 11 heavy (non-hydrogen) atoms. The SMILES string of the molecule is C[C@@H](N)c1ccc(Cl)c(Br)c1. The molecule has 1 aromatic rings. The van der Waals surface area contributed by atoms with E-state index in [1.165, 1.54) is 0 Å². The second-order valence-electron chi connectivity index (χ2n) is 2.46. The molecule has 0 bridgehead atoms. The molecule has 0 spiro atoms. The van der Waals surface area contributed by atoms with Crippen molar-refractivity contribution in [2.24, 2.45) is 5.73 Å². The Morgan fingerprint density at radius 3 is 2.64 bits per heavy atom. The van der Waals surface area contributed by atoms with Crippen LogP contribution in [0.4, 0.5) is 0 Å². The quantitative estimate of drug-likeness (QED) is 0.794. The highest BCUT2D eigenvalue weighted by atomic mass is 79.9. The highest BCUT2D eigenvalue weighted by molar-refractivity contribution is 9.10. The zero-order valence-electron chi connectivity index (χ0n) is 6.14. The van der Waals surface area contributed by atoms with Crippen LogP contribution >= 0.6 is 27.5 Å². The molecule has 0 aliphatic heterocycles. The van der Waals surface area contributed by atoms with Gasteiger partial charge in [0.05, 0.1) is 5.02 Å². The number of rotatable bonds is 1. The van der Waals surface area contributed by atoms with E-state index in [2.05, 4.69) is 15.9 Å². The van der Waals surface area contributed by atoms with Gasteiger partial charge in [-0.3, -0.25) is 0 Å². The minimum Gasteiger partial charge on any atom is -0.324 e. The molecule has 0 fully saturated rings. The molecule has 2 N–H and O–H groups in total. The lowest BCUT2D eigenvalue weighted by molar-refractivity contribution is 0.817. The molecule has 1 aromatic carbocycles. The standard InChI is InChI=1S/C8H9BrClN/c1-5(11)6-2-3-8(10)7(9)4-6/h2-5H,11H2,1H3/t5-/m1/s1. The third kappa shape index (κ3) is 2.19. The van der Waals surface area contributed by atoms with Crippen LogP contribution in [-0.4, -0.2) is 0 Å². The lowest BCUT2D eigenvalue weighted by atomic mass is 10.1. The van der Waals surface area contributed by atoms with Gasteiger partial charge in [0.25, 0.3) is 0 Å². The van der Waals surface area contributed by atoms with E-state index in [1.54, 1.807) is 0 Å². The van der Waals surface area contributed by atoms with Gasteiger partial charge < -0.3 is 5.73 Å². The van der Waals surface area contributed by atoms with Crippen molar-refractivity contribution in [1.82, 2.24) is 0 Å². The Morgan fingerprint density at radius 1 is 1.55 bits per heavy atom. The molecule has 0 saturated carbocycles. The van der Waals surface area contributed by atoms with E-state index in [0.717, 1.165) is 15.1 Å². The summed E-state index contributed by atoms with van der Waals surface area (Å²) in [7, 11) is 0. The fourth-order valence-corrected chi connectivity index (χ4v) is 1.31. The van der Waals surface area contributed by atoms with Crippen molar-refractivity contribution in [1.29, 1.82) is 0 Å². The van der Waals surface area contributed by atoms with Crippen LogP contribution in [0.1, 0.15) is 18.5 Å². The second-order valence-corrected chi connectivity index (χ2v) is 3.72. The first-order valence-corrected chi connectivity index (χ1v) is 4.49. The predicted molar refractivity (Wildman–Crippen MR) is 51.8 cm³/mol. The molecular weight excluding hydrogens is 225 g/mol. The highest BCUT2D eigenvalue weighted by Crippen LogP contribution is 2.24. The van der Waals surface area contributed by atoms with Crippen molar-refractivity contribution in [3.8, 4) is 0 Å². The van der Waals surface area contributed by atoms with Crippen LogP contribution in [0.15, 0.2) is 22.7 Å². The number of benzene rings is 1. The maximum absolute atomic E-state index is 5.80. The Morgan fingerprint density at radius 2 is 2.18 bits per heavy atom. The summed E-state index contributed by atoms with van der Waals surface area (Å²) in [6, 6.07) is 5.76. The molecule has 0 aliphatic rings. The summed E-state index contributed by atoms with van der Waals surface area (Å²) in [5.74, 6) is 0. The second kappa shape index (κ2) is 3.57. The number of hydrogen-bond donors (Lipinski definition) is 1. The summed E-state index contributed by atoms with van der Waals surface area (Å²) < 4.78 is 0.897. The first kappa shape index (κ1) is 9.04. The summed E-state index contributed by atoms with van der Waals surface area (Å²) in [4.78, 5) is 0. The lowest BCUT2D eigenvalue weighted by Crippen LogP contribution is -2.04.